The van der Waals surface area contributed by atoms with E-state index in [2.05, 4.69) is 31.1 Å². The molecule has 108 valence electrons. The SMILES string of the molecule is CC(C)CN(C)CNCc1ccc(C(C)(F)F)cc1. The number of nitrogens with zero attached hydrogens (tertiary/aromatic N) is 1. The molecule has 1 aromatic rings. The van der Waals surface area contributed by atoms with Gasteiger partial charge in [-0.15, -0.1) is 0 Å². The number of halogens is 2. The van der Waals surface area contributed by atoms with Crippen molar-refractivity contribution >= 4 is 0 Å². The molecule has 0 saturated heterocycles. The second-order valence-electron chi connectivity index (χ2n) is 5.60. The molecule has 0 aliphatic carbocycles. The Morgan fingerprint density at radius 3 is 2.26 bits per heavy atom. The van der Waals surface area contributed by atoms with Gasteiger partial charge in [0.2, 0.25) is 0 Å². The highest BCUT2D eigenvalue weighted by atomic mass is 19.3. The predicted octanol–water partition coefficient (Wildman–Crippen LogP) is 3.43. The Balaban J connectivity index is 2.38. The fraction of sp³-hybridized carbons (Fsp3) is 0.600. The standard InChI is InChI=1S/C15H24F2N2/c1-12(2)10-19(4)11-18-9-13-5-7-14(8-6-13)15(3,16)17/h5-8,12,18H,9-11H2,1-4H3. The summed E-state index contributed by atoms with van der Waals surface area (Å²) < 4.78 is 26.1. The highest BCUT2D eigenvalue weighted by molar-refractivity contribution is 5.25. The lowest BCUT2D eigenvalue weighted by Gasteiger charge is -2.19. The summed E-state index contributed by atoms with van der Waals surface area (Å²) in [4.78, 5) is 2.21. The van der Waals surface area contributed by atoms with Crippen LogP contribution in [0.1, 0.15) is 31.9 Å². The largest absolute Gasteiger partial charge is 0.300 e. The molecule has 0 spiro atoms. The second kappa shape index (κ2) is 6.96. The third-order valence-electron chi connectivity index (χ3n) is 2.85. The molecule has 4 heteroatoms. The first-order valence-corrected chi connectivity index (χ1v) is 6.65. The van der Waals surface area contributed by atoms with E-state index in [1.807, 2.05) is 0 Å². The zero-order valence-corrected chi connectivity index (χ0v) is 12.2. The van der Waals surface area contributed by atoms with Crippen LogP contribution in [-0.4, -0.2) is 25.2 Å². The predicted molar refractivity (Wildman–Crippen MR) is 75.2 cm³/mol. The Morgan fingerprint density at radius 2 is 1.79 bits per heavy atom. The van der Waals surface area contributed by atoms with Crippen molar-refractivity contribution in [1.82, 2.24) is 10.2 Å². The van der Waals surface area contributed by atoms with Crippen molar-refractivity contribution in [2.24, 2.45) is 5.92 Å². The number of nitrogens with one attached hydrogen (secondary N) is 1. The molecule has 1 rings (SSSR count). The fourth-order valence-corrected chi connectivity index (χ4v) is 1.99. The Hall–Kier alpha value is -1.00. The van der Waals surface area contributed by atoms with Gasteiger partial charge in [0.15, 0.2) is 0 Å². The zero-order chi connectivity index (χ0) is 14.5. The Kier molecular flexibility index (Phi) is 5.88. The molecule has 19 heavy (non-hydrogen) atoms. The van der Waals surface area contributed by atoms with Gasteiger partial charge in [-0.3, -0.25) is 4.90 Å². The van der Waals surface area contributed by atoms with Gasteiger partial charge in [-0.2, -0.15) is 0 Å². The molecule has 0 bridgehead atoms. The average Bonchev–Trinajstić information content (AvgIpc) is 2.27. The molecule has 0 aliphatic rings. The molecule has 0 fully saturated rings. The van der Waals surface area contributed by atoms with Crippen molar-refractivity contribution < 1.29 is 8.78 Å². The normalized spacial score (nSPS) is 12.4. The molecule has 0 aromatic heterocycles. The fourth-order valence-electron chi connectivity index (χ4n) is 1.99. The van der Waals surface area contributed by atoms with E-state index >= 15 is 0 Å². The van der Waals surface area contributed by atoms with E-state index in [1.165, 1.54) is 12.1 Å². The molecular formula is C15H24F2N2. The van der Waals surface area contributed by atoms with Gasteiger partial charge in [0.05, 0.1) is 0 Å². The highest BCUT2D eigenvalue weighted by Gasteiger charge is 2.23. The minimum Gasteiger partial charge on any atom is -0.300 e. The first-order valence-electron chi connectivity index (χ1n) is 6.65. The molecule has 0 unspecified atom stereocenters. The summed E-state index contributed by atoms with van der Waals surface area (Å²) in [5.41, 5.74) is 1.08. The number of hydrogen-bond acceptors (Lipinski definition) is 2. The van der Waals surface area contributed by atoms with Crippen LogP contribution < -0.4 is 5.32 Å². The zero-order valence-electron chi connectivity index (χ0n) is 12.2. The molecule has 0 radical (unpaired) electrons. The van der Waals surface area contributed by atoms with Crippen molar-refractivity contribution in [3.63, 3.8) is 0 Å². The summed E-state index contributed by atoms with van der Waals surface area (Å²) in [6.45, 7) is 7.80. The van der Waals surface area contributed by atoms with Crippen LogP contribution in [0.25, 0.3) is 0 Å². The minimum absolute atomic E-state index is 0.0631. The second-order valence-corrected chi connectivity index (χ2v) is 5.60. The lowest BCUT2D eigenvalue weighted by Crippen LogP contribution is -2.33. The van der Waals surface area contributed by atoms with Gasteiger partial charge in [0.25, 0.3) is 5.92 Å². The third kappa shape index (κ3) is 6.12. The number of benzene rings is 1. The van der Waals surface area contributed by atoms with Crippen LogP contribution in [0.15, 0.2) is 24.3 Å². The smallest absolute Gasteiger partial charge is 0.270 e. The molecule has 1 N–H and O–H groups in total. The number of hydrogen-bond donors (Lipinski definition) is 1. The van der Waals surface area contributed by atoms with E-state index in [0.29, 0.717) is 12.5 Å². The van der Waals surface area contributed by atoms with E-state index in [1.54, 1.807) is 12.1 Å². The van der Waals surface area contributed by atoms with Crippen LogP contribution in [0.5, 0.6) is 0 Å². The van der Waals surface area contributed by atoms with Gasteiger partial charge in [0.1, 0.15) is 0 Å². The van der Waals surface area contributed by atoms with Crippen LogP contribution in [0.4, 0.5) is 8.78 Å². The Labute approximate surface area is 114 Å². The van der Waals surface area contributed by atoms with Crippen molar-refractivity contribution in [2.45, 2.75) is 33.2 Å². The Morgan fingerprint density at radius 1 is 1.21 bits per heavy atom. The summed E-state index contributed by atoms with van der Waals surface area (Å²) in [6.07, 6.45) is 0. The first kappa shape index (κ1) is 16.1. The maximum atomic E-state index is 13.0. The summed E-state index contributed by atoms with van der Waals surface area (Å²) in [5.74, 6) is -2.12. The van der Waals surface area contributed by atoms with Crippen LogP contribution in [0.3, 0.4) is 0 Å². The summed E-state index contributed by atoms with van der Waals surface area (Å²) >= 11 is 0. The molecular weight excluding hydrogens is 246 g/mol. The lowest BCUT2D eigenvalue weighted by molar-refractivity contribution is 0.0174. The molecule has 2 nitrogen and oxygen atoms in total. The van der Waals surface area contributed by atoms with Gasteiger partial charge in [-0.05, 0) is 18.5 Å². The van der Waals surface area contributed by atoms with E-state index in [9.17, 15) is 8.78 Å². The highest BCUT2D eigenvalue weighted by Crippen LogP contribution is 2.26. The monoisotopic (exact) mass is 270 g/mol. The quantitative estimate of drug-likeness (QED) is 0.764. The molecule has 0 heterocycles. The topological polar surface area (TPSA) is 15.3 Å². The van der Waals surface area contributed by atoms with Crippen LogP contribution in [0.2, 0.25) is 0 Å². The van der Waals surface area contributed by atoms with Gasteiger partial charge in [-0.25, -0.2) is 8.78 Å². The molecule has 0 aliphatic heterocycles. The van der Waals surface area contributed by atoms with Gasteiger partial charge in [-0.1, -0.05) is 38.1 Å². The van der Waals surface area contributed by atoms with Gasteiger partial charge in [0, 0.05) is 32.2 Å². The third-order valence-corrected chi connectivity index (χ3v) is 2.85. The summed E-state index contributed by atoms with van der Waals surface area (Å²) in [5, 5.41) is 3.30. The molecule has 0 atom stereocenters. The minimum atomic E-state index is -2.76. The van der Waals surface area contributed by atoms with Gasteiger partial charge < -0.3 is 5.32 Å². The van der Waals surface area contributed by atoms with E-state index in [0.717, 1.165) is 25.7 Å². The van der Waals surface area contributed by atoms with E-state index in [4.69, 9.17) is 0 Å². The van der Waals surface area contributed by atoms with Gasteiger partial charge >= 0.3 is 0 Å². The summed E-state index contributed by atoms with van der Waals surface area (Å²) in [7, 11) is 2.06. The maximum Gasteiger partial charge on any atom is 0.270 e. The van der Waals surface area contributed by atoms with Crippen molar-refractivity contribution in [1.29, 1.82) is 0 Å². The molecule has 0 saturated carbocycles. The molecule has 0 amide bonds. The average molecular weight is 270 g/mol. The van der Waals surface area contributed by atoms with Crippen LogP contribution >= 0.6 is 0 Å². The number of rotatable bonds is 7. The lowest BCUT2D eigenvalue weighted by atomic mass is 10.1. The first-order chi connectivity index (χ1) is 8.79. The summed E-state index contributed by atoms with van der Waals surface area (Å²) in [6, 6.07) is 6.49. The van der Waals surface area contributed by atoms with E-state index < -0.39 is 5.92 Å². The number of alkyl halides is 2. The van der Waals surface area contributed by atoms with Crippen molar-refractivity contribution in [3.8, 4) is 0 Å². The van der Waals surface area contributed by atoms with E-state index in [-0.39, 0.29) is 5.56 Å². The molecule has 1 aromatic carbocycles. The van der Waals surface area contributed by atoms with Crippen molar-refractivity contribution in [2.75, 3.05) is 20.3 Å². The van der Waals surface area contributed by atoms with Crippen LogP contribution in [-0.2, 0) is 12.5 Å². The maximum absolute atomic E-state index is 13.0. The van der Waals surface area contributed by atoms with Crippen molar-refractivity contribution in [3.05, 3.63) is 35.4 Å². The Bertz CT molecular complexity index is 369. The van der Waals surface area contributed by atoms with Crippen LogP contribution in [0, 0.1) is 5.92 Å².